The zero-order valence-electron chi connectivity index (χ0n) is 21.1. The third-order valence-electron chi connectivity index (χ3n) is 8.52. The fourth-order valence-corrected chi connectivity index (χ4v) is 5.91. The van der Waals surface area contributed by atoms with E-state index in [-0.39, 0.29) is 29.7 Å². The smallest absolute Gasteiger partial charge is 0.243 e. The van der Waals surface area contributed by atoms with Gasteiger partial charge in [-0.25, -0.2) is 0 Å². The Morgan fingerprint density at radius 1 is 1.03 bits per heavy atom. The van der Waals surface area contributed by atoms with E-state index in [1.165, 1.54) is 12.8 Å². The number of amides is 3. The molecule has 0 bridgehead atoms. The Morgan fingerprint density at radius 2 is 1.81 bits per heavy atom. The van der Waals surface area contributed by atoms with Crippen LogP contribution in [-0.4, -0.2) is 61.0 Å². The number of ether oxygens (including phenoxy) is 1. The molecule has 5 rings (SSSR count). The number of fused-ring (bicyclic) bond motifs is 1. The van der Waals surface area contributed by atoms with Crippen molar-refractivity contribution in [2.45, 2.75) is 69.9 Å². The van der Waals surface area contributed by atoms with Crippen molar-refractivity contribution in [3.8, 4) is 0 Å². The second kappa shape index (κ2) is 11.2. The van der Waals surface area contributed by atoms with E-state index < -0.39 is 11.5 Å². The number of hydrogen-bond donors (Lipinski definition) is 2. The van der Waals surface area contributed by atoms with Crippen LogP contribution in [0, 0.1) is 17.3 Å². The summed E-state index contributed by atoms with van der Waals surface area (Å²) in [6, 6.07) is 9.20. The SMILES string of the molecule is O=C1N[C@H]2CCN(C(=O)CC3CC3)C[C@H]2C/C=C/CC2(CCOCC2)C(=O)N[C@@H]1Cc1ccccc1. The van der Waals surface area contributed by atoms with Crippen LogP contribution >= 0.6 is 0 Å². The van der Waals surface area contributed by atoms with Gasteiger partial charge >= 0.3 is 0 Å². The number of nitrogens with one attached hydrogen (secondary N) is 2. The summed E-state index contributed by atoms with van der Waals surface area (Å²) in [6.45, 7) is 2.46. The predicted molar refractivity (Wildman–Crippen MR) is 137 cm³/mol. The molecule has 3 heterocycles. The lowest BCUT2D eigenvalue weighted by atomic mass is 9.75. The van der Waals surface area contributed by atoms with Crippen LogP contribution in [0.25, 0.3) is 0 Å². The Kier molecular flexibility index (Phi) is 7.75. The van der Waals surface area contributed by atoms with Crippen LogP contribution in [0.3, 0.4) is 0 Å². The third kappa shape index (κ3) is 6.00. The van der Waals surface area contributed by atoms with E-state index in [0.29, 0.717) is 64.3 Å². The Balaban J connectivity index is 1.37. The Hall–Kier alpha value is -2.67. The fraction of sp³-hybridized carbons (Fsp3) is 0.621. The fourth-order valence-electron chi connectivity index (χ4n) is 5.91. The van der Waals surface area contributed by atoms with Gasteiger partial charge in [-0.05, 0) is 56.4 Å². The molecule has 2 N–H and O–H groups in total. The van der Waals surface area contributed by atoms with Crippen molar-refractivity contribution in [3.05, 3.63) is 48.0 Å². The summed E-state index contributed by atoms with van der Waals surface area (Å²) in [5.41, 5.74) is 0.463. The summed E-state index contributed by atoms with van der Waals surface area (Å²) in [5, 5.41) is 6.42. The molecule has 7 nitrogen and oxygen atoms in total. The average molecular weight is 494 g/mol. The normalized spacial score (nSPS) is 29.8. The number of rotatable bonds is 4. The van der Waals surface area contributed by atoms with Crippen molar-refractivity contribution in [3.63, 3.8) is 0 Å². The lowest BCUT2D eigenvalue weighted by molar-refractivity contribution is -0.140. The van der Waals surface area contributed by atoms with Gasteiger partial charge in [-0.15, -0.1) is 0 Å². The maximum Gasteiger partial charge on any atom is 0.243 e. The van der Waals surface area contributed by atoms with Gasteiger partial charge in [-0.1, -0.05) is 42.5 Å². The molecule has 0 aromatic heterocycles. The highest BCUT2D eigenvalue weighted by molar-refractivity contribution is 5.90. The number of nitrogens with zero attached hydrogens (tertiary/aromatic N) is 1. The molecule has 7 heteroatoms. The summed E-state index contributed by atoms with van der Waals surface area (Å²) in [5.74, 6) is 0.813. The molecule has 1 saturated carbocycles. The summed E-state index contributed by atoms with van der Waals surface area (Å²) in [7, 11) is 0. The van der Waals surface area contributed by atoms with Crippen LogP contribution in [0.2, 0.25) is 0 Å². The molecule has 1 spiro atoms. The summed E-state index contributed by atoms with van der Waals surface area (Å²) in [6.07, 6.45) is 11.2. The molecule has 3 atom stereocenters. The van der Waals surface area contributed by atoms with Crippen LogP contribution in [0.1, 0.15) is 56.9 Å². The molecule has 1 aromatic carbocycles. The highest BCUT2D eigenvalue weighted by Crippen LogP contribution is 2.36. The second-order valence-electron chi connectivity index (χ2n) is 11.2. The minimum atomic E-state index is -0.641. The van der Waals surface area contributed by atoms with Crippen molar-refractivity contribution in [1.82, 2.24) is 15.5 Å². The number of piperidine rings is 1. The van der Waals surface area contributed by atoms with Gasteiger partial charge in [0.05, 0.1) is 5.41 Å². The molecule has 0 unspecified atom stereocenters. The number of allylic oxidation sites excluding steroid dienone is 2. The first-order valence-corrected chi connectivity index (χ1v) is 13.7. The highest BCUT2D eigenvalue weighted by Gasteiger charge is 2.42. The van der Waals surface area contributed by atoms with E-state index in [2.05, 4.69) is 22.8 Å². The summed E-state index contributed by atoms with van der Waals surface area (Å²) >= 11 is 0. The minimum absolute atomic E-state index is 0.0150. The molecule has 3 aliphatic heterocycles. The zero-order valence-corrected chi connectivity index (χ0v) is 21.1. The van der Waals surface area contributed by atoms with E-state index in [4.69, 9.17) is 4.74 Å². The van der Waals surface area contributed by atoms with E-state index in [1.54, 1.807) is 0 Å². The van der Waals surface area contributed by atoms with Crippen molar-refractivity contribution in [2.75, 3.05) is 26.3 Å². The van der Waals surface area contributed by atoms with Gasteiger partial charge in [0, 0.05) is 51.1 Å². The first kappa shape index (κ1) is 25.0. The molecule has 3 amide bonds. The largest absolute Gasteiger partial charge is 0.381 e. The van der Waals surface area contributed by atoms with Crippen LogP contribution in [0.4, 0.5) is 0 Å². The number of likely N-dealkylation sites (tertiary alicyclic amines) is 1. The summed E-state index contributed by atoms with van der Waals surface area (Å²) in [4.78, 5) is 42.1. The average Bonchev–Trinajstić information content (AvgIpc) is 3.71. The molecule has 194 valence electrons. The lowest BCUT2D eigenvalue weighted by Crippen LogP contribution is -2.58. The van der Waals surface area contributed by atoms with Crippen LogP contribution < -0.4 is 10.6 Å². The molecule has 4 aliphatic rings. The minimum Gasteiger partial charge on any atom is -0.381 e. The van der Waals surface area contributed by atoms with E-state index in [0.717, 1.165) is 18.4 Å². The molecular weight excluding hydrogens is 454 g/mol. The molecule has 1 aliphatic carbocycles. The van der Waals surface area contributed by atoms with E-state index in [1.807, 2.05) is 35.2 Å². The zero-order chi connectivity index (χ0) is 25.0. The number of carbonyl (C=O) groups is 3. The second-order valence-corrected chi connectivity index (χ2v) is 11.2. The number of hydrogen-bond acceptors (Lipinski definition) is 4. The maximum absolute atomic E-state index is 13.6. The molecule has 2 saturated heterocycles. The van der Waals surface area contributed by atoms with Crippen LogP contribution in [0.15, 0.2) is 42.5 Å². The van der Waals surface area contributed by atoms with Crippen LogP contribution in [0.5, 0.6) is 0 Å². The summed E-state index contributed by atoms with van der Waals surface area (Å²) < 4.78 is 5.58. The van der Waals surface area contributed by atoms with Gasteiger partial charge in [0.25, 0.3) is 0 Å². The standard InChI is InChI=1S/C29H39N3O4/c33-26(19-22-9-10-22)32-15-11-24-23(20-32)8-4-5-12-29(13-16-36-17-14-29)28(35)31-25(27(34)30-24)18-21-6-2-1-3-7-21/h1-7,22-25H,8-20H2,(H,30,34)(H,31,35)/b5-4+/t23-,24+,25-/m1/s1. The van der Waals surface area contributed by atoms with Gasteiger partial charge in [-0.2, -0.15) is 0 Å². The van der Waals surface area contributed by atoms with Crippen molar-refractivity contribution < 1.29 is 19.1 Å². The van der Waals surface area contributed by atoms with Gasteiger partial charge in [0.2, 0.25) is 17.7 Å². The van der Waals surface area contributed by atoms with Crippen molar-refractivity contribution in [1.29, 1.82) is 0 Å². The number of benzene rings is 1. The molecule has 0 radical (unpaired) electrons. The molecule has 36 heavy (non-hydrogen) atoms. The van der Waals surface area contributed by atoms with Crippen LogP contribution in [-0.2, 0) is 25.5 Å². The first-order chi connectivity index (χ1) is 17.5. The topological polar surface area (TPSA) is 87.7 Å². The third-order valence-corrected chi connectivity index (χ3v) is 8.52. The predicted octanol–water partition coefficient (Wildman–Crippen LogP) is 2.99. The van der Waals surface area contributed by atoms with Crippen molar-refractivity contribution >= 4 is 17.7 Å². The Bertz CT molecular complexity index is 968. The molecule has 3 fully saturated rings. The molecular formula is C29H39N3O4. The Labute approximate surface area is 214 Å². The number of carbonyl (C=O) groups excluding carboxylic acids is 3. The maximum atomic E-state index is 13.6. The lowest BCUT2D eigenvalue weighted by Gasteiger charge is -2.40. The van der Waals surface area contributed by atoms with E-state index >= 15 is 0 Å². The first-order valence-electron chi connectivity index (χ1n) is 13.7. The Morgan fingerprint density at radius 3 is 2.56 bits per heavy atom. The molecule has 1 aromatic rings. The quantitative estimate of drug-likeness (QED) is 0.632. The monoisotopic (exact) mass is 493 g/mol. The van der Waals surface area contributed by atoms with Gasteiger partial charge in [-0.3, -0.25) is 14.4 Å². The van der Waals surface area contributed by atoms with Gasteiger partial charge in [0.1, 0.15) is 6.04 Å². The van der Waals surface area contributed by atoms with Gasteiger partial charge in [0.15, 0.2) is 0 Å². The highest BCUT2D eigenvalue weighted by atomic mass is 16.5. The van der Waals surface area contributed by atoms with E-state index in [9.17, 15) is 14.4 Å². The van der Waals surface area contributed by atoms with Gasteiger partial charge < -0.3 is 20.3 Å². The van der Waals surface area contributed by atoms with Crippen molar-refractivity contribution in [2.24, 2.45) is 17.3 Å².